The molecule has 0 aliphatic heterocycles. The van der Waals surface area contributed by atoms with Crippen LogP contribution in [-0.4, -0.2) is 17.8 Å². The summed E-state index contributed by atoms with van der Waals surface area (Å²) in [5.41, 5.74) is 6.18. The summed E-state index contributed by atoms with van der Waals surface area (Å²) in [7, 11) is 0. The van der Waals surface area contributed by atoms with Crippen molar-refractivity contribution in [1.82, 2.24) is 0 Å². The van der Waals surface area contributed by atoms with Crippen LogP contribution in [0.3, 0.4) is 0 Å². The Morgan fingerprint density at radius 3 is 2.12 bits per heavy atom. The first-order valence-corrected chi connectivity index (χ1v) is 5.59. The SMILES string of the molecule is CC(CCl)C(=O)Nc1ccc(NC(N)=O)cc1. The van der Waals surface area contributed by atoms with Crippen LogP contribution in [0.2, 0.25) is 0 Å². The third-order valence-corrected chi connectivity index (χ3v) is 2.56. The molecule has 0 aliphatic rings. The summed E-state index contributed by atoms with van der Waals surface area (Å²) in [5.74, 6) is -0.122. The van der Waals surface area contributed by atoms with Gasteiger partial charge in [0.25, 0.3) is 0 Å². The Kier molecular flexibility index (Phi) is 4.78. The van der Waals surface area contributed by atoms with E-state index in [1.807, 2.05) is 0 Å². The average molecular weight is 256 g/mol. The van der Waals surface area contributed by atoms with Crippen molar-refractivity contribution in [3.63, 3.8) is 0 Å². The average Bonchev–Trinajstić information content (AvgIpc) is 2.30. The number of carbonyl (C=O) groups is 2. The number of rotatable bonds is 4. The maximum Gasteiger partial charge on any atom is 0.316 e. The van der Waals surface area contributed by atoms with Gasteiger partial charge in [-0.2, -0.15) is 0 Å². The van der Waals surface area contributed by atoms with E-state index in [1.165, 1.54) is 0 Å². The zero-order chi connectivity index (χ0) is 12.8. The lowest BCUT2D eigenvalue weighted by Crippen LogP contribution is -2.21. The molecule has 0 saturated heterocycles. The zero-order valence-electron chi connectivity index (χ0n) is 9.37. The summed E-state index contributed by atoms with van der Waals surface area (Å²) >= 11 is 5.57. The molecule has 6 heteroatoms. The predicted octanol–water partition coefficient (Wildman–Crippen LogP) is 1.99. The lowest BCUT2D eigenvalue weighted by Gasteiger charge is -2.09. The van der Waals surface area contributed by atoms with Gasteiger partial charge in [-0.3, -0.25) is 4.79 Å². The number of anilines is 2. The van der Waals surface area contributed by atoms with Gasteiger partial charge in [-0.05, 0) is 24.3 Å². The molecule has 1 aromatic carbocycles. The zero-order valence-corrected chi connectivity index (χ0v) is 10.1. The molecule has 0 fully saturated rings. The van der Waals surface area contributed by atoms with E-state index < -0.39 is 6.03 Å². The van der Waals surface area contributed by atoms with Crippen molar-refractivity contribution in [2.45, 2.75) is 6.92 Å². The molecule has 5 nitrogen and oxygen atoms in total. The quantitative estimate of drug-likeness (QED) is 0.719. The Hall–Kier alpha value is -1.75. The smallest absolute Gasteiger partial charge is 0.316 e. The minimum absolute atomic E-state index is 0.143. The Morgan fingerprint density at radius 1 is 1.24 bits per heavy atom. The molecule has 1 atom stereocenters. The first-order valence-electron chi connectivity index (χ1n) is 5.06. The maximum atomic E-state index is 11.5. The maximum absolute atomic E-state index is 11.5. The molecule has 1 unspecified atom stereocenters. The topological polar surface area (TPSA) is 84.2 Å². The van der Waals surface area contributed by atoms with Gasteiger partial charge in [0.1, 0.15) is 0 Å². The van der Waals surface area contributed by atoms with Gasteiger partial charge in [-0.15, -0.1) is 11.6 Å². The summed E-state index contributed by atoms with van der Waals surface area (Å²) in [4.78, 5) is 22.1. The third-order valence-electron chi connectivity index (χ3n) is 2.10. The summed E-state index contributed by atoms with van der Waals surface area (Å²) in [6.07, 6.45) is 0. The van der Waals surface area contributed by atoms with E-state index in [9.17, 15) is 9.59 Å². The van der Waals surface area contributed by atoms with Gasteiger partial charge in [0.2, 0.25) is 5.91 Å². The fourth-order valence-electron chi connectivity index (χ4n) is 1.11. The molecule has 17 heavy (non-hydrogen) atoms. The number of hydrogen-bond donors (Lipinski definition) is 3. The second-order valence-corrected chi connectivity index (χ2v) is 3.92. The largest absolute Gasteiger partial charge is 0.351 e. The standard InChI is InChI=1S/C11H14ClN3O2/c1-7(6-12)10(16)14-8-2-4-9(5-3-8)15-11(13)17/h2-5,7H,6H2,1H3,(H,14,16)(H3,13,15,17). The van der Waals surface area contributed by atoms with Crippen molar-refractivity contribution < 1.29 is 9.59 Å². The molecule has 3 amide bonds. The highest BCUT2D eigenvalue weighted by Crippen LogP contribution is 2.14. The van der Waals surface area contributed by atoms with Crippen LogP contribution >= 0.6 is 11.6 Å². The third kappa shape index (κ3) is 4.32. The Morgan fingerprint density at radius 2 is 1.71 bits per heavy atom. The van der Waals surface area contributed by atoms with E-state index in [0.29, 0.717) is 11.4 Å². The Balaban J connectivity index is 2.62. The fourth-order valence-corrected chi connectivity index (χ4v) is 1.25. The van der Waals surface area contributed by atoms with Gasteiger partial charge in [-0.1, -0.05) is 6.92 Å². The van der Waals surface area contributed by atoms with Crippen molar-refractivity contribution in [2.75, 3.05) is 16.5 Å². The normalized spacial score (nSPS) is 11.6. The number of urea groups is 1. The molecule has 4 N–H and O–H groups in total. The predicted molar refractivity (Wildman–Crippen MR) is 68.2 cm³/mol. The Labute approximate surface area is 104 Å². The van der Waals surface area contributed by atoms with Crippen LogP contribution < -0.4 is 16.4 Å². The van der Waals surface area contributed by atoms with Crippen LogP contribution in [0.1, 0.15) is 6.92 Å². The van der Waals surface area contributed by atoms with Crippen molar-refractivity contribution >= 4 is 34.9 Å². The molecule has 0 aromatic heterocycles. The molecule has 0 radical (unpaired) electrons. The van der Waals surface area contributed by atoms with Crippen LogP contribution in [0.25, 0.3) is 0 Å². The van der Waals surface area contributed by atoms with E-state index in [2.05, 4.69) is 10.6 Å². The number of hydrogen-bond acceptors (Lipinski definition) is 2. The number of carbonyl (C=O) groups excluding carboxylic acids is 2. The monoisotopic (exact) mass is 255 g/mol. The number of amides is 3. The van der Waals surface area contributed by atoms with Crippen molar-refractivity contribution in [2.24, 2.45) is 11.7 Å². The second kappa shape index (κ2) is 6.10. The van der Waals surface area contributed by atoms with Crippen LogP contribution in [0.15, 0.2) is 24.3 Å². The highest BCUT2D eigenvalue weighted by Gasteiger charge is 2.11. The van der Waals surface area contributed by atoms with E-state index >= 15 is 0 Å². The van der Waals surface area contributed by atoms with Gasteiger partial charge in [0.15, 0.2) is 0 Å². The molecule has 0 saturated carbocycles. The molecule has 0 heterocycles. The molecule has 92 valence electrons. The van der Waals surface area contributed by atoms with E-state index in [0.717, 1.165) is 0 Å². The number of benzene rings is 1. The molecule has 0 bridgehead atoms. The van der Waals surface area contributed by atoms with E-state index in [4.69, 9.17) is 17.3 Å². The van der Waals surface area contributed by atoms with Gasteiger partial charge in [0.05, 0.1) is 0 Å². The van der Waals surface area contributed by atoms with Crippen LogP contribution in [0, 0.1) is 5.92 Å². The second-order valence-electron chi connectivity index (χ2n) is 3.61. The Bertz CT molecular complexity index is 406. The van der Waals surface area contributed by atoms with Crippen molar-refractivity contribution in [3.8, 4) is 0 Å². The highest BCUT2D eigenvalue weighted by molar-refractivity contribution is 6.19. The molecule has 1 aromatic rings. The van der Waals surface area contributed by atoms with Gasteiger partial charge < -0.3 is 16.4 Å². The molecular weight excluding hydrogens is 242 g/mol. The van der Waals surface area contributed by atoms with E-state index in [1.54, 1.807) is 31.2 Å². The molecule has 0 spiro atoms. The summed E-state index contributed by atoms with van der Waals surface area (Å²) < 4.78 is 0. The number of halogens is 1. The fraction of sp³-hybridized carbons (Fsp3) is 0.273. The summed E-state index contributed by atoms with van der Waals surface area (Å²) in [6, 6.07) is 6.00. The van der Waals surface area contributed by atoms with Crippen LogP contribution in [0.5, 0.6) is 0 Å². The first-order chi connectivity index (χ1) is 8.02. The van der Waals surface area contributed by atoms with Gasteiger partial charge in [-0.25, -0.2) is 4.79 Å². The van der Waals surface area contributed by atoms with E-state index in [-0.39, 0.29) is 17.7 Å². The van der Waals surface area contributed by atoms with Crippen LogP contribution in [-0.2, 0) is 4.79 Å². The molecule has 0 aliphatic carbocycles. The first kappa shape index (κ1) is 13.3. The lowest BCUT2D eigenvalue weighted by molar-refractivity contribution is -0.118. The van der Waals surface area contributed by atoms with Crippen molar-refractivity contribution in [3.05, 3.63) is 24.3 Å². The summed E-state index contributed by atoms with van der Waals surface area (Å²) in [6.45, 7) is 1.74. The lowest BCUT2D eigenvalue weighted by atomic mass is 10.2. The number of primary amides is 1. The minimum Gasteiger partial charge on any atom is -0.351 e. The summed E-state index contributed by atoms with van der Waals surface area (Å²) in [5, 5.41) is 5.13. The number of alkyl halides is 1. The minimum atomic E-state index is -0.627. The van der Waals surface area contributed by atoms with Crippen molar-refractivity contribution in [1.29, 1.82) is 0 Å². The van der Waals surface area contributed by atoms with Crippen LogP contribution in [0.4, 0.5) is 16.2 Å². The highest BCUT2D eigenvalue weighted by atomic mass is 35.5. The number of nitrogens with one attached hydrogen (secondary N) is 2. The molecular formula is C11H14ClN3O2. The van der Waals surface area contributed by atoms with Gasteiger partial charge in [0, 0.05) is 23.2 Å². The molecule has 1 rings (SSSR count). The number of nitrogens with two attached hydrogens (primary N) is 1. The van der Waals surface area contributed by atoms with Gasteiger partial charge >= 0.3 is 6.03 Å².